The highest BCUT2D eigenvalue weighted by atomic mass is 19.2. The summed E-state index contributed by atoms with van der Waals surface area (Å²) >= 11 is 0. The molecule has 4 rings (SSSR count). The molecule has 0 fully saturated rings. The quantitative estimate of drug-likeness (QED) is 0.596. The smallest absolute Gasteiger partial charge is 0.272 e. The summed E-state index contributed by atoms with van der Waals surface area (Å²) in [6.07, 6.45) is 0. The van der Waals surface area contributed by atoms with E-state index >= 15 is 0 Å². The van der Waals surface area contributed by atoms with Crippen LogP contribution in [0.4, 0.5) is 13.2 Å². The summed E-state index contributed by atoms with van der Waals surface area (Å²) in [5.41, 5.74) is -0.0557. The van der Waals surface area contributed by atoms with Crippen LogP contribution in [0.3, 0.4) is 0 Å². The van der Waals surface area contributed by atoms with E-state index in [2.05, 4.69) is 20.5 Å². The fourth-order valence-corrected chi connectivity index (χ4v) is 3.85. The van der Waals surface area contributed by atoms with Gasteiger partial charge >= 0.3 is 0 Å². The molecule has 1 aliphatic heterocycles. The number of fused-ring (bicyclic) bond motifs is 1. The lowest BCUT2D eigenvalue weighted by Gasteiger charge is -2.29. The van der Waals surface area contributed by atoms with Gasteiger partial charge in [0.15, 0.2) is 17.3 Å². The second-order valence-corrected chi connectivity index (χ2v) is 9.30. The number of nitrogens with one attached hydrogen (secondary N) is 1. The molecule has 0 radical (unpaired) electrons. The Balaban J connectivity index is 1.78. The van der Waals surface area contributed by atoms with Crippen molar-refractivity contribution in [3.05, 3.63) is 52.8 Å². The fourth-order valence-electron chi connectivity index (χ4n) is 3.85. The maximum Gasteiger partial charge on any atom is 0.272 e. The minimum absolute atomic E-state index is 0.0700. The highest BCUT2D eigenvalue weighted by Crippen LogP contribution is 2.34. The Hall–Kier alpha value is -3.21. The largest absolute Gasteiger partial charge is 0.423 e. The molecule has 2 aromatic heterocycles. The van der Waals surface area contributed by atoms with Crippen molar-refractivity contribution in [3.8, 4) is 11.4 Å². The molecule has 3 aromatic rings. The first-order valence-electron chi connectivity index (χ1n) is 10.5. The second kappa shape index (κ2) is 8.29. The molecule has 11 heteroatoms. The topological polar surface area (TPSA) is 89.1 Å². The van der Waals surface area contributed by atoms with Crippen LogP contribution in [-0.2, 0) is 13.1 Å². The molecule has 1 aliphatic rings. The van der Waals surface area contributed by atoms with Crippen LogP contribution in [0, 0.1) is 29.8 Å². The van der Waals surface area contributed by atoms with Crippen LogP contribution in [-0.4, -0.2) is 44.1 Å². The van der Waals surface area contributed by atoms with Crippen LogP contribution < -0.4 is 5.32 Å². The zero-order chi connectivity index (χ0) is 24.1. The Morgan fingerprint density at radius 3 is 2.45 bits per heavy atom. The van der Waals surface area contributed by atoms with Gasteiger partial charge in [-0.3, -0.25) is 9.69 Å². The van der Waals surface area contributed by atoms with Gasteiger partial charge in [-0.1, -0.05) is 20.8 Å². The second-order valence-electron chi connectivity index (χ2n) is 9.30. The van der Waals surface area contributed by atoms with Crippen molar-refractivity contribution in [2.24, 2.45) is 5.41 Å². The molecular formula is C22H25F3N6O2. The fraction of sp³-hybridized carbons (Fsp3) is 0.455. The highest BCUT2D eigenvalue weighted by Gasteiger charge is 2.35. The van der Waals surface area contributed by atoms with Gasteiger partial charge in [-0.2, -0.15) is 0 Å². The molecule has 8 nitrogen and oxygen atoms in total. The van der Waals surface area contributed by atoms with Crippen molar-refractivity contribution in [1.82, 2.24) is 30.0 Å². The van der Waals surface area contributed by atoms with Crippen LogP contribution in [0.25, 0.3) is 11.4 Å². The minimum Gasteiger partial charge on any atom is -0.423 e. The molecule has 0 saturated carbocycles. The van der Waals surface area contributed by atoms with E-state index in [1.807, 2.05) is 32.7 Å². The van der Waals surface area contributed by atoms with Crippen molar-refractivity contribution in [2.45, 2.75) is 46.8 Å². The Labute approximate surface area is 188 Å². The molecule has 1 N–H and O–H groups in total. The number of nitrogens with zero attached hydrogens (tertiary/aromatic N) is 5. The molecule has 0 bridgehead atoms. The van der Waals surface area contributed by atoms with Gasteiger partial charge in [0.2, 0.25) is 11.8 Å². The highest BCUT2D eigenvalue weighted by molar-refractivity contribution is 5.94. The van der Waals surface area contributed by atoms with Gasteiger partial charge in [-0.25, -0.2) is 18.2 Å². The number of benzene rings is 1. The average Bonchev–Trinajstić information content (AvgIpc) is 3.31. The molecule has 176 valence electrons. The molecule has 1 aromatic carbocycles. The van der Waals surface area contributed by atoms with Crippen molar-refractivity contribution in [1.29, 1.82) is 0 Å². The molecule has 0 spiro atoms. The summed E-state index contributed by atoms with van der Waals surface area (Å²) in [5, 5.41) is 10.8. The average molecular weight is 462 g/mol. The predicted octanol–water partition coefficient (Wildman–Crippen LogP) is 3.62. The van der Waals surface area contributed by atoms with Crippen LogP contribution >= 0.6 is 0 Å². The van der Waals surface area contributed by atoms with Gasteiger partial charge in [0.1, 0.15) is 17.7 Å². The van der Waals surface area contributed by atoms with Crippen molar-refractivity contribution >= 4 is 5.91 Å². The number of hydrogen-bond donors (Lipinski definition) is 1. The van der Waals surface area contributed by atoms with E-state index in [9.17, 15) is 18.0 Å². The molecule has 0 aliphatic carbocycles. The van der Waals surface area contributed by atoms with E-state index in [0.29, 0.717) is 37.3 Å². The molecule has 1 unspecified atom stereocenters. The van der Waals surface area contributed by atoms with Crippen molar-refractivity contribution in [3.63, 3.8) is 0 Å². The van der Waals surface area contributed by atoms with E-state index in [1.54, 1.807) is 11.5 Å². The lowest BCUT2D eigenvalue weighted by atomic mass is 9.86. The minimum atomic E-state index is -1.29. The number of amides is 1. The summed E-state index contributed by atoms with van der Waals surface area (Å²) in [5.74, 6) is -3.26. The van der Waals surface area contributed by atoms with Crippen LogP contribution in [0.1, 0.15) is 54.8 Å². The number of imidazole rings is 1. The number of halogens is 3. The number of hydrogen-bond acceptors (Lipinski definition) is 6. The Morgan fingerprint density at radius 1 is 1.12 bits per heavy atom. The van der Waals surface area contributed by atoms with E-state index < -0.39 is 34.8 Å². The third-order valence-electron chi connectivity index (χ3n) is 5.59. The van der Waals surface area contributed by atoms with Crippen LogP contribution in [0.5, 0.6) is 0 Å². The van der Waals surface area contributed by atoms with Gasteiger partial charge in [0.05, 0.1) is 11.3 Å². The molecule has 1 amide bonds. The standard InChI is InChI=1S/C22H25F3N6O2/c1-11-28-29-21(33-11)18(22(2,3)4)27-20(32)17-16-10-30(5)6-7-31(16)19(26-17)12-8-14(24)15(25)9-13(12)23/h8-9,18H,6-7,10H2,1-5H3,(H,27,32). The molecule has 1 atom stereocenters. The normalized spacial score (nSPS) is 15.4. The van der Waals surface area contributed by atoms with Gasteiger partial charge in [0.25, 0.3) is 5.91 Å². The number of aryl methyl sites for hydroxylation is 1. The third-order valence-corrected chi connectivity index (χ3v) is 5.59. The van der Waals surface area contributed by atoms with E-state index in [0.717, 1.165) is 6.07 Å². The SMILES string of the molecule is Cc1nnc(C(NC(=O)c2nc(-c3cc(F)c(F)cc3F)n3c2CN(C)CC3)C(C)(C)C)o1. The lowest BCUT2D eigenvalue weighted by Crippen LogP contribution is -2.38. The molecule has 3 heterocycles. The Bertz CT molecular complexity index is 1210. The molecule has 33 heavy (non-hydrogen) atoms. The van der Waals surface area contributed by atoms with Gasteiger partial charge in [-0.15, -0.1) is 10.2 Å². The number of likely N-dealkylation sites (N-methyl/N-ethyl adjacent to an activating group) is 1. The number of aromatic nitrogens is 4. The summed E-state index contributed by atoms with van der Waals surface area (Å²) in [6, 6.07) is 0.627. The summed E-state index contributed by atoms with van der Waals surface area (Å²) < 4.78 is 49.2. The van der Waals surface area contributed by atoms with Gasteiger partial charge in [0, 0.05) is 32.6 Å². The number of rotatable bonds is 4. The summed E-state index contributed by atoms with van der Waals surface area (Å²) in [6.45, 7) is 8.80. The predicted molar refractivity (Wildman–Crippen MR) is 113 cm³/mol. The van der Waals surface area contributed by atoms with Crippen LogP contribution in [0.2, 0.25) is 0 Å². The first-order valence-corrected chi connectivity index (χ1v) is 10.5. The molecule has 0 saturated heterocycles. The first kappa shape index (κ1) is 23.0. The summed E-state index contributed by atoms with van der Waals surface area (Å²) in [7, 11) is 1.88. The zero-order valence-corrected chi connectivity index (χ0v) is 19.0. The Morgan fingerprint density at radius 2 is 1.82 bits per heavy atom. The van der Waals surface area contributed by atoms with E-state index in [4.69, 9.17) is 4.42 Å². The van der Waals surface area contributed by atoms with Crippen molar-refractivity contribution < 1.29 is 22.4 Å². The molecular weight excluding hydrogens is 437 g/mol. The van der Waals surface area contributed by atoms with E-state index in [-0.39, 0.29) is 23.0 Å². The Kier molecular flexibility index (Phi) is 5.77. The van der Waals surface area contributed by atoms with Gasteiger partial charge < -0.3 is 14.3 Å². The third kappa shape index (κ3) is 4.37. The zero-order valence-electron chi connectivity index (χ0n) is 19.0. The first-order chi connectivity index (χ1) is 15.5. The monoisotopic (exact) mass is 462 g/mol. The van der Waals surface area contributed by atoms with Crippen molar-refractivity contribution in [2.75, 3.05) is 13.6 Å². The summed E-state index contributed by atoms with van der Waals surface area (Å²) in [4.78, 5) is 19.8. The lowest BCUT2D eigenvalue weighted by molar-refractivity contribution is 0.0877. The number of carbonyl (C=O) groups is 1. The van der Waals surface area contributed by atoms with Gasteiger partial charge in [-0.05, 0) is 18.5 Å². The van der Waals surface area contributed by atoms with Crippen LogP contribution in [0.15, 0.2) is 16.5 Å². The number of carbonyl (C=O) groups excluding carboxylic acids is 1. The maximum absolute atomic E-state index is 14.6. The maximum atomic E-state index is 14.6. The van der Waals surface area contributed by atoms with E-state index in [1.165, 1.54) is 0 Å².